The quantitative estimate of drug-likeness (QED) is 0.684. The fraction of sp³-hybridized carbons (Fsp3) is 0.435. The first-order valence-corrected chi connectivity index (χ1v) is 9.84. The van der Waals surface area contributed by atoms with Crippen molar-refractivity contribution < 1.29 is 0 Å². The van der Waals surface area contributed by atoms with Crippen LogP contribution in [0.2, 0.25) is 0 Å². The van der Waals surface area contributed by atoms with Gasteiger partial charge < -0.3 is 4.57 Å². The van der Waals surface area contributed by atoms with Crippen LogP contribution in [0, 0.1) is 13.8 Å². The molecule has 136 valence electrons. The van der Waals surface area contributed by atoms with Gasteiger partial charge in [-0.2, -0.15) is 0 Å². The van der Waals surface area contributed by atoms with Crippen molar-refractivity contribution in [3.63, 3.8) is 0 Å². The Morgan fingerprint density at radius 2 is 1.92 bits per heavy atom. The minimum Gasteiger partial charge on any atom is -0.344 e. The fourth-order valence-corrected chi connectivity index (χ4v) is 4.58. The first-order valence-electron chi connectivity index (χ1n) is 9.84. The lowest BCUT2D eigenvalue weighted by Gasteiger charge is -2.33. The number of aromatic nitrogens is 2. The summed E-state index contributed by atoms with van der Waals surface area (Å²) < 4.78 is 2.60. The molecule has 1 atom stereocenters. The van der Waals surface area contributed by atoms with Crippen LogP contribution in [0.4, 0.5) is 0 Å². The third-order valence-electron chi connectivity index (χ3n) is 6.03. The summed E-state index contributed by atoms with van der Waals surface area (Å²) in [7, 11) is 0. The van der Waals surface area contributed by atoms with Crippen LogP contribution >= 0.6 is 0 Å². The number of nitrogens with zero attached hydrogens (tertiary/aromatic N) is 3. The van der Waals surface area contributed by atoms with Crippen LogP contribution in [0.25, 0.3) is 10.9 Å². The number of likely N-dealkylation sites (N-methyl/N-ethyl adjacent to an activating group) is 1. The Morgan fingerprint density at radius 3 is 2.65 bits per heavy atom. The van der Waals surface area contributed by atoms with E-state index in [0.717, 1.165) is 32.5 Å². The second-order valence-electron chi connectivity index (χ2n) is 7.69. The van der Waals surface area contributed by atoms with E-state index in [1.807, 2.05) is 12.3 Å². The zero-order chi connectivity index (χ0) is 18.3. The minimum atomic E-state index is 0.603. The van der Waals surface area contributed by atoms with Gasteiger partial charge in [-0.05, 0) is 56.1 Å². The summed E-state index contributed by atoms with van der Waals surface area (Å²) in [5.41, 5.74) is 8.51. The van der Waals surface area contributed by atoms with Gasteiger partial charge in [-0.25, -0.2) is 0 Å². The van der Waals surface area contributed by atoms with Crippen LogP contribution in [0.15, 0.2) is 36.5 Å². The van der Waals surface area contributed by atoms with E-state index >= 15 is 0 Å². The Kier molecular flexibility index (Phi) is 4.58. The van der Waals surface area contributed by atoms with E-state index in [0.29, 0.717) is 6.04 Å². The summed E-state index contributed by atoms with van der Waals surface area (Å²) in [6.45, 7) is 12.4. The molecule has 0 N–H and O–H groups in total. The molecule has 1 unspecified atom stereocenters. The molecule has 0 fully saturated rings. The highest BCUT2D eigenvalue weighted by Gasteiger charge is 2.28. The van der Waals surface area contributed by atoms with Crippen LogP contribution < -0.4 is 0 Å². The lowest BCUT2D eigenvalue weighted by atomic mass is 9.97. The van der Waals surface area contributed by atoms with Crippen LogP contribution in [0.5, 0.6) is 0 Å². The molecule has 0 bridgehead atoms. The average molecular weight is 348 g/mol. The average Bonchev–Trinajstić information content (AvgIpc) is 2.97. The first kappa shape index (κ1) is 17.3. The van der Waals surface area contributed by atoms with Gasteiger partial charge in [0.05, 0.1) is 5.52 Å². The van der Waals surface area contributed by atoms with E-state index in [-0.39, 0.29) is 0 Å². The lowest BCUT2D eigenvalue weighted by Crippen LogP contribution is -2.38. The highest BCUT2D eigenvalue weighted by atomic mass is 15.2. The predicted molar refractivity (Wildman–Crippen MR) is 109 cm³/mol. The zero-order valence-corrected chi connectivity index (χ0v) is 16.4. The van der Waals surface area contributed by atoms with Gasteiger partial charge in [-0.1, -0.05) is 25.1 Å². The zero-order valence-electron chi connectivity index (χ0n) is 16.4. The van der Waals surface area contributed by atoms with E-state index in [2.05, 4.69) is 66.4 Å². The topological polar surface area (TPSA) is 21.1 Å². The second-order valence-corrected chi connectivity index (χ2v) is 7.69. The number of hydrogen-bond donors (Lipinski definition) is 0. The summed E-state index contributed by atoms with van der Waals surface area (Å²) >= 11 is 0. The minimum absolute atomic E-state index is 0.603. The molecular formula is C23H29N3. The summed E-state index contributed by atoms with van der Waals surface area (Å²) in [6, 6.07) is 11.4. The maximum atomic E-state index is 4.53. The van der Waals surface area contributed by atoms with Crippen molar-refractivity contribution in [1.29, 1.82) is 0 Å². The van der Waals surface area contributed by atoms with E-state index in [1.165, 1.54) is 27.7 Å². The number of benzene rings is 1. The van der Waals surface area contributed by atoms with E-state index in [9.17, 15) is 0 Å². The maximum absolute atomic E-state index is 4.53. The molecule has 1 aliphatic heterocycles. The van der Waals surface area contributed by atoms with Gasteiger partial charge in [0.15, 0.2) is 0 Å². The first-order chi connectivity index (χ1) is 12.6. The number of hydrogen-bond acceptors (Lipinski definition) is 2. The molecule has 3 aromatic rings. The Balaban J connectivity index is 1.84. The van der Waals surface area contributed by atoms with Gasteiger partial charge in [-0.3, -0.25) is 9.88 Å². The molecule has 0 saturated heterocycles. The van der Waals surface area contributed by atoms with Crippen LogP contribution in [-0.4, -0.2) is 27.0 Å². The monoisotopic (exact) mass is 347 g/mol. The van der Waals surface area contributed by atoms with Crippen molar-refractivity contribution in [2.45, 2.75) is 59.7 Å². The fourth-order valence-electron chi connectivity index (χ4n) is 4.58. The third-order valence-corrected chi connectivity index (χ3v) is 6.03. The molecule has 3 nitrogen and oxygen atoms in total. The highest BCUT2D eigenvalue weighted by molar-refractivity contribution is 5.91. The Labute approximate surface area is 156 Å². The largest absolute Gasteiger partial charge is 0.344 e. The molecule has 26 heavy (non-hydrogen) atoms. The van der Waals surface area contributed by atoms with Gasteiger partial charge in [0.2, 0.25) is 0 Å². The molecule has 2 aromatic heterocycles. The molecular weight excluding hydrogens is 318 g/mol. The van der Waals surface area contributed by atoms with Crippen molar-refractivity contribution in [2.24, 2.45) is 0 Å². The predicted octanol–water partition coefficient (Wildman–Crippen LogP) is 4.66. The van der Waals surface area contributed by atoms with Gasteiger partial charge in [0.25, 0.3) is 0 Å². The number of rotatable bonds is 4. The van der Waals surface area contributed by atoms with Gasteiger partial charge in [-0.15, -0.1) is 0 Å². The summed E-state index contributed by atoms with van der Waals surface area (Å²) in [5, 5.41) is 1.49. The van der Waals surface area contributed by atoms with Gasteiger partial charge in [0, 0.05) is 54.9 Å². The maximum Gasteiger partial charge on any atom is 0.0518 e. The molecule has 0 amide bonds. The third kappa shape index (κ3) is 2.84. The van der Waals surface area contributed by atoms with Crippen molar-refractivity contribution in [3.8, 4) is 0 Å². The number of fused-ring (bicyclic) bond motifs is 3. The smallest absolute Gasteiger partial charge is 0.0518 e. The Hall–Kier alpha value is -2.13. The molecule has 0 spiro atoms. The van der Waals surface area contributed by atoms with E-state index in [1.54, 1.807) is 11.3 Å². The van der Waals surface area contributed by atoms with Crippen LogP contribution in [0.1, 0.15) is 41.9 Å². The van der Waals surface area contributed by atoms with E-state index < -0.39 is 0 Å². The Morgan fingerprint density at radius 1 is 1.12 bits per heavy atom. The normalized spacial score (nSPS) is 17.6. The molecule has 4 rings (SSSR count). The van der Waals surface area contributed by atoms with Crippen molar-refractivity contribution in [3.05, 3.63) is 64.6 Å². The Bertz CT molecular complexity index is 924. The number of pyridine rings is 1. The van der Waals surface area contributed by atoms with E-state index in [4.69, 9.17) is 0 Å². The number of aryl methyl sites for hydroxylation is 4. The van der Waals surface area contributed by atoms with Crippen molar-refractivity contribution >= 4 is 10.9 Å². The van der Waals surface area contributed by atoms with Crippen LogP contribution in [0.3, 0.4) is 0 Å². The standard InChI is InChI=1S/C23H29N3/c1-5-25-15-20-21(14-18(25)4)26(13-11-19-8-6-7-12-24-19)23-17(3)10-9-16(2)22(20)23/h6-10,12,18H,5,11,13-15H2,1-4H3. The molecule has 3 heterocycles. The summed E-state index contributed by atoms with van der Waals surface area (Å²) in [5.74, 6) is 0. The molecule has 1 aliphatic rings. The summed E-state index contributed by atoms with van der Waals surface area (Å²) in [6.07, 6.45) is 4.02. The highest BCUT2D eigenvalue weighted by Crippen LogP contribution is 2.36. The SMILES string of the molecule is CCN1Cc2c(n(CCc3ccccn3)c3c(C)ccc(C)c23)CC1C. The molecule has 0 saturated carbocycles. The molecule has 3 heteroatoms. The molecule has 1 aromatic carbocycles. The molecule has 0 radical (unpaired) electrons. The summed E-state index contributed by atoms with van der Waals surface area (Å²) in [4.78, 5) is 7.13. The second kappa shape index (κ2) is 6.88. The van der Waals surface area contributed by atoms with Gasteiger partial charge in [0.1, 0.15) is 0 Å². The molecule has 0 aliphatic carbocycles. The van der Waals surface area contributed by atoms with Crippen LogP contribution in [-0.2, 0) is 25.9 Å². The lowest BCUT2D eigenvalue weighted by molar-refractivity contribution is 0.192. The van der Waals surface area contributed by atoms with Crippen molar-refractivity contribution in [2.75, 3.05) is 6.54 Å². The van der Waals surface area contributed by atoms with Crippen molar-refractivity contribution in [1.82, 2.24) is 14.5 Å². The van der Waals surface area contributed by atoms with Gasteiger partial charge >= 0.3 is 0 Å².